The van der Waals surface area contributed by atoms with Crippen molar-refractivity contribution in [1.82, 2.24) is 9.71 Å². The molecule has 10 heteroatoms. The number of sulfone groups is 1. The molecule has 1 atom stereocenters. The number of sulfonamides is 1. The van der Waals surface area contributed by atoms with Gasteiger partial charge in [0.25, 0.3) is 0 Å². The van der Waals surface area contributed by atoms with Gasteiger partial charge in [-0.2, -0.15) is 0 Å². The Balaban J connectivity index is 2.14. The minimum atomic E-state index is -3.75. The maximum absolute atomic E-state index is 12.3. The number of pyridine rings is 1. The second-order valence-electron chi connectivity index (χ2n) is 4.87. The highest BCUT2D eigenvalue weighted by Crippen LogP contribution is 2.23. The van der Waals surface area contributed by atoms with Gasteiger partial charge in [0.15, 0.2) is 9.84 Å². The molecule has 0 amide bonds. The van der Waals surface area contributed by atoms with Gasteiger partial charge in [-0.25, -0.2) is 26.5 Å². The van der Waals surface area contributed by atoms with Crippen LogP contribution in [-0.2, 0) is 19.9 Å². The summed E-state index contributed by atoms with van der Waals surface area (Å²) in [5, 5.41) is 2.72. The lowest BCUT2D eigenvalue weighted by molar-refractivity contribution is 0.543. The molecular formula is C11H16BrN3O4S2. The van der Waals surface area contributed by atoms with Gasteiger partial charge in [0.05, 0.1) is 11.5 Å². The Labute approximate surface area is 132 Å². The number of halogens is 1. The number of rotatable bonds is 5. The van der Waals surface area contributed by atoms with Gasteiger partial charge < -0.3 is 5.32 Å². The van der Waals surface area contributed by atoms with Gasteiger partial charge in [-0.3, -0.25) is 0 Å². The van der Waals surface area contributed by atoms with E-state index in [0.717, 1.165) is 0 Å². The highest BCUT2D eigenvalue weighted by molar-refractivity contribution is 9.10. The summed E-state index contributed by atoms with van der Waals surface area (Å²) >= 11 is 3.19. The van der Waals surface area contributed by atoms with Crippen molar-refractivity contribution in [1.29, 1.82) is 0 Å². The fourth-order valence-electron chi connectivity index (χ4n) is 2.15. The summed E-state index contributed by atoms with van der Waals surface area (Å²) in [6, 6.07) is 1.45. The summed E-state index contributed by atoms with van der Waals surface area (Å²) in [5.74, 6) is 0.220. The summed E-state index contributed by atoms with van der Waals surface area (Å²) in [6.07, 6.45) is 1.98. The highest BCUT2D eigenvalue weighted by Gasteiger charge is 2.29. The lowest BCUT2D eigenvalue weighted by Crippen LogP contribution is -2.30. The van der Waals surface area contributed by atoms with Crippen LogP contribution < -0.4 is 10.0 Å². The average Bonchev–Trinajstić information content (AvgIpc) is 2.76. The standard InChI is InChI=1S/C11H16BrN3O4S2/c1-13-11-10(4-9(12)6-14-11)21(18,19)15-5-8-2-3-20(16,17)7-8/h4,6,8,15H,2-3,5,7H2,1H3,(H,13,14). The Bertz CT molecular complexity index is 734. The van der Waals surface area contributed by atoms with E-state index < -0.39 is 19.9 Å². The van der Waals surface area contributed by atoms with E-state index in [0.29, 0.717) is 10.9 Å². The van der Waals surface area contributed by atoms with Crippen molar-refractivity contribution in [3.63, 3.8) is 0 Å². The van der Waals surface area contributed by atoms with Gasteiger partial charge >= 0.3 is 0 Å². The molecule has 0 radical (unpaired) electrons. The summed E-state index contributed by atoms with van der Waals surface area (Å²) in [5.41, 5.74) is 0. The molecule has 118 valence electrons. The lowest BCUT2D eigenvalue weighted by atomic mass is 10.1. The predicted molar refractivity (Wildman–Crippen MR) is 83.4 cm³/mol. The van der Waals surface area contributed by atoms with Gasteiger partial charge in [0.2, 0.25) is 10.0 Å². The van der Waals surface area contributed by atoms with Crippen LogP contribution in [0.4, 0.5) is 5.82 Å². The van der Waals surface area contributed by atoms with E-state index in [9.17, 15) is 16.8 Å². The van der Waals surface area contributed by atoms with Crippen molar-refractivity contribution in [3.8, 4) is 0 Å². The molecule has 0 bridgehead atoms. The number of nitrogens with one attached hydrogen (secondary N) is 2. The molecule has 7 nitrogen and oxygen atoms in total. The molecule has 0 aromatic carbocycles. The molecule has 1 fully saturated rings. The molecule has 1 saturated heterocycles. The maximum atomic E-state index is 12.3. The number of aromatic nitrogens is 1. The van der Waals surface area contributed by atoms with Crippen LogP contribution in [0.1, 0.15) is 6.42 Å². The highest BCUT2D eigenvalue weighted by atomic mass is 79.9. The molecule has 2 N–H and O–H groups in total. The van der Waals surface area contributed by atoms with Crippen LogP contribution in [0, 0.1) is 5.92 Å². The van der Waals surface area contributed by atoms with Crippen LogP contribution in [0.15, 0.2) is 21.6 Å². The monoisotopic (exact) mass is 397 g/mol. The molecule has 1 aromatic rings. The van der Waals surface area contributed by atoms with E-state index >= 15 is 0 Å². The molecule has 1 unspecified atom stereocenters. The van der Waals surface area contributed by atoms with Gasteiger partial charge in [-0.1, -0.05) is 0 Å². The normalized spacial score (nSPS) is 21.3. The van der Waals surface area contributed by atoms with E-state index in [1.165, 1.54) is 12.3 Å². The number of hydrogen-bond donors (Lipinski definition) is 2. The van der Waals surface area contributed by atoms with Crippen LogP contribution in [0.2, 0.25) is 0 Å². The average molecular weight is 398 g/mol. The van der Waals surface area contributed by atoms with Gasteiger partial charge in [-0.05, 0) is 34.3 Å². The summed E-state index contributed by atoms with van der Waals surface area (Å²) in [7, 11) is -5.18. The summed E-state index contributed by atoms with van der Waals surface area (Å²) < 4.78 is 50.4. The van der Waals surface area contributed by atoms with Crippen molar-refractivity contribution >= 4 is 41.6 Å². The third-order valence-corrected chi connectivity index (χ3v) is 6.94. The van der Waals surface area contributed by atoms with Crippen molar-refractivity contribution in [2.24, 2.45) is 5.92 Å². The smallest absolute Gasteiger partial charge is 0.244 e. The summed E-state index contributed by atoms with van der Waals surface area (Å²) in [4.78, 5) is 4.02. The molecular weight excluding hydrogens is 382 g/mol. The SMILES string of the molecule is CNc1ncc(Br)cc1S(=O)(=O)NCC1CCS(=O)(=O)C1. The largest absolute Gasteiger partial charge is 0.372 e. The maximum Gasteiger partial charge on any atom is 0.244 e. The predicted octanol–water partition coefficient (Wildman–Crippen LogP) is 0.599. The minimum absolute atomic E-state index is 0.0280. The van der Waals surface area contributed by atoms with Crippen LogP contribution in [0.5, 0.6) is 0 Å². The third kappa shape index (κ3) is 4.15. The first-order valence-electron chi connectivity index (χ1n) is 6.27. The van der Waals surface area contributed by atoms with E-state index in [1.54, 1.807) is 7.05 Å². The van der Waals surface area contributed by atoms with Gasteiger partial charge in [0.1, 0.15) is 10.7 Å². The number of nitrogens with zero attached hydrogens (tertiary/aromatic N) is 1. The van der Waals surface area contributed by atoms with Crippen LogP contribution in [0.25, 0.3) is 0 Å². The van der Waals surface area contributed by atoms with Crippen LogP contribution in [0.3, 0.4) is 0 Å². The first kappa shape index (κ1) is 16.7. The fourth-order valence-corrected chi connectivity index (χ4v) is 5.80. The number of hydrogen-bond acceptors (Lipinski definition) is 6. The molecule has 1 aliphatic heterocycles. The van der Waals surface area contributed by atoms with Gasteiger partial charge in [0, 0.05) is 24.3 Å². The first-order chi connectivity index (χ1) is 9.73. The Morgan fingerprint density at radius 3 is 2.76 bits per heavy atom. The molecule has 0 saturated carbocycles. The molecule has 2 rings (SSSR count). The molecule has 0 spiro atoms. The number of anilines is 1. The Kier molecular flexibility index (Phi) is 4.91. The molecule has 2 heterocycles. The van der Waals surface area contributed by atoms with E-state index in [4.69, 9.17) is 0 Å². The molecule has 0 aliphatic carbocycles. The molecule has 21 heavy (non-hydrogen) atoms. The minimum Gasteiger partial charge on any atom is -0.372 e. The van der Waals surface area contributed by atoms with E-state index in [-0.39, 0.29) is 34.7 Å². The van der Waals surface area contributed by atoms with E-state index in [1.807, 2.05) is 0 Å². The summed E-state index contributed by atoms with van der Waals surface area (Å²) in [6.45, 7) is 0.108. The van der Waals surface area contributed by atoms with Crippen LogP contribution >= 0.6 is 15.9 Å². The quantitative estimate of drug-likeness (QED) is 0.753. The third-order valence-electron chi connectivity index (χ3n) is 3.23. The van der Waals surface area contributed by atoms with Crippen molar-refractivity contribution in [2.45, 2.75) is 11.3 Å². The second kappa shape index (κ2) is 6.19. The first-order valence-corrected chi connectivity index (χ1v) is 10.4. The zero-order valence-corrected chi connectivity index (χ0v) is 14.6. The van der Waals surface area contributed by atoms with Crippen LogP contribution in [-0.4, -0.2) is 46.9 Å². The molecule has 1 aromatic heterocycles. The van der Waals surface area contributed by atoms with Crippen molar-refractivity contribution in [2.75, 3.05) is 30.4 Å². The Hall–Kier alpha value is -0.710. The Morgan fingerprint density at radius 1 is 1.48 bits per heavy atom. The second-order valence-corrected chi connectivity index (χ2v) is 9.75. The van der Waals surface area contributed by atoms with Crippen molar-refractivity contribution in [3.05, 3.63) is 16.7 Å². The zero-order chi connectivity index (χ0) is 15.7. The van der Waals surface area contributed by atoms with Gasteiger partial charge in [-0.15, -0.1) is 0 Å². The Morgan fingerprint density at radius 2 is 2.19 bits per heavy atom. The fraction of sp³-hybridized carbons (Fsp3) is 0.545. The zero-order valence-electron chi connectivity index (χ0n) is 11.3. The topological polar surface area (TPSA) is 105 Å². The lowest BCUT2D eigenvalue weighted by Gasteiger charge is -2.13. The van der Waals surface area contributed by atoms with Crippen molar-refractivity contribution < 1.29 is 16.8 Å². The van der Waals surface area contributed by atoms with E-state index in [2.05, 4.69) is 31.0 Å². The molecule has 1 aliphatic rings.